The Bertz CT molecular complexity index is 1820. The minimum atomic E-state index is -0.634. The molecule has 1 aliphatic rings. The fourth-order valence-electron chi connectivity index (χ4n) is 4.79. The first-order chi connectivity index (χ1) is 22.6. The van der Waals surface area contributed by atoms with Gasteiger partial charge in [0, 0.05) is 42.3 Å². The average Bonchev–Trinajstić information content (AvgIpc) is 3.37. The van der Waals surface area contributed by atoms with Gasteiger partial charge in [-0.1, -0.05) is 30.3 Å². The Kier molecular flexibility index (Phi) is 10.2. The molecule has 1 atom stereocenters. The van der Waals surface area contributed by atoms with Crippen LogP contribution in [0.1, 0.15) is 32.7 Å². The summed E-state index contributed by atoms with van der Waals surface area (Å²) < 4.78 is 4.70. The number of carbonyl (C=O) groups excluding carboxylic acids is 5. The Morgan fingerprint density at radius 3 is 2.13 bits per heavy atom. The first kappa shape index (κ1) is 32.7. The fraction of sp³-hybridized carbons (Fsp3) is 0.139. The number of amides is 4. The highest BCUT2D eigenvalue weighted by Gasteiger charge is 2.40. The van der Waals surface area contributed by atoms with Crippen molar-refractivity contribution in [2.75, 3.05) is 36.3 Å². The van der Waals surface area contributed by atoms with Gasteiger partial charge in [-0.25, -0.2) is 9.69 Å². The fourth-order valence-corrected chi connectivity index (χ4v) is 5.84. The third-order valence-corrected chi connectivity index (χ3v) is 8.49. The van der Waals surface area contributed by atoms with Gasteiger partial charge in [-0.3, -0.25) is 19.2 Å². The van der Waals surface area contributed by atoms with E-state index in [1.807, 2.05) is 43.3 Å². The molecule has 4 aromatic carbocycles. The lowest BCUT2D eigenvalue weighted by atomic mass is 10.1. The number of nitrogens with one attached hydrogen (secondary N) is 2. The highest BCUT2D eigenvalue weighted by Crippen LogP contribution is 2.34. The van der Waals surface area contributed by atoms with Crippen molar-refractivity contribution in [3.8, 4) is 0 Å². The van der Waals surface area contributed by atoms with Crippen molar-refractivity contribution in [3.05, 3.63) is 126 Å². The Morgan fingerprint density at radius 2 is 1.51 bits per heavy atom. The van der Waals surface area contributed by atoms with E-state index in [-0.39, 0.29) is 23.9 Å². The summed E-state index contributed by atoms with van der Waals surface area (Å²) in [6.45, 7) is 0. The van der Waals surface area contributed by atoms with Crippen LogP contribution in [0.25, 0.3) is 6.08 Å². The lowest BCUT2D eigenvalue weighted by Crippen LogP contribution is -2.31. The van der Waals surface area contributed by atoms with Crippen LogP contribution in [0.2, 0.25) is 0 Å². The van der Waals surface area contributed by atoms with Gasteiger partial charge in [-0.15, -0.1) is 11.8 Å². The van der Waals surface area contributed by atoms with Crippen molar-refractivity contribution in [3.63, 3.8) is 0 Å². The normalized spacial score (nSPS) is 14.5. The molecular weight excluding hydrogens is 616 g/mol. The summed E-state index contributed by atoms with van der Waals surface area (Å²) in [7, 11) is 5.14. The lowest BCUT2D eigenvalue weighted by Gasteiger charge is -2.15. The van der Waals surface area contributed by atoms with Crippen molar-refractivity contribution in [1.29, 1.82) is 0 Å². The average molecular weight is 649 g/mol. The number of carbonyl (C=O) groups is 5. The van der Waals surface area contributed by atoms with Crippen molar-refractivity contribution in [2.24, 2.45) is 0 Å². The third-order valence-electron chi connectivity index (χ3n) is 7.29. The zero-order valence-corrected chi connectivity index (χ0v) is 26.7. The number of esters is 1. The molecule has 11 heteroatoms. The molecule has 0 saturated carbocycles. The number of rotatable bonds is 10. The van der Waals surface area contributed by atoms with Crippen LogP contribution < -0.4 is 20.4 Å². The van der Waals surface area contributed by atoms with Crippen LogP contribution >= 0.6 is 11.8 Å². The second-order valence-electron chi connectivity index (χ2n) is 10.8. The van der Waals surface area contributed by atoms with E-state index in [0.29, 0.717) is 22.5 Å². The van der Waals surface area contributed by atoms with E-state index < -0.39 is 23.0 Å². The van der Waals surface area contributed by atoms with Gasteiger partial charge in [-0.2, -0.15) is 0 Å². The van der Waals surface area contributed by atoms with Crippen molar-refractivity contribution < 1.29 is 28.7 Å². The molecule has 47 heavy (non-hydrogen) atoms. The molecule has 2 N–H and O–H groups in total. The number of ether oxygens (including phenoxy) is 1. The second kappa shape index (κ2) is 14.6. The van der Waals surface area contributed by atoms with Gasteiger partial charge in [-0.05, 0) is 84.4 Å². The molecule has 0 radical (unpaired) electrons. The summed E-state index contributed by atoms with van der Waals surface area (Å²) in [6, 6.07) is 29.1. The smallest absolute Gasteiger partial charge is 0.337 e. The topological polar surface area (TPSA) is 125 Å². The Morgan fingerprint density at radius 1 is 0.851 bits per heavy atom. The Balaban J connectivity index is 1.27. The highest BCUT2D eigenvalue weighted by molar-refractivity contribution is 8.00. The summed E-state index contributed by atoms with van der Waals surface area (Å²) in [6.07, 6.45) is 1.63. The van der Waals surface area contributed by atoms with Gasteiger partial charge >= 0.3 is 5.97 Å². The van der Waals surface area contributed by atoms with Gasteiger partial charge in [0.05, 0.1) is 23.6 Å². The number of nitrogens with zero attached hydrogens (tertiary/aromatic N) is 2. The minimum absolute atomic E-state index is 0.0194. The minimum Gasteiger partial charge on any atom is -0.465 e. The monoisotopic (exact) mass is 648 g/mol. The number of methoxy groups -OCH3 is 1. The number of hydrogen-bond donors (Lipinski definition) is 2. The summed E-state index contributed by atoms with van der Waals surface area (Å²) in [5.74, 6) is -2.14. The van der Waals surface area contributed by atoms with Crippen LogP contribution in [0.15, 0.2) is 114 Å². The van der Waals surface area contributed by atoms with Gasteiger partial charge in [0.1, 0.15) is 5.70 Å². The number of anilines is 3. The molecule has 4 aromatic rings. The van der Waals surface area contributed by atoms with Gasteiger partial charge in [0.15, 0.2) is 0 Å². The quantitative estimate of drug-likeness (QED) is 0.134. The lowest BCUT2D eigenvalue weighted by molar-refractivity contribution is -0.121. The predicted molar refractivity (Wildman–Crippen MR) is 182 cm³/mol. The molecule has 1 aliphatic heterocycles. The van der Waals surface area contributed by atoms with Crippen molar-refractivity contribution in [1.82, 2.24) is 5.32 Å². The first-order valence-corrected chi connectivity index (χ1v) is 15.5. The maximum absolute atomic E-state index is 13.4. The number of imide groups is 1. The van der Waals surface area contributed by atoms with Crippen molar-refractivity contribution >= 4 is 64.5 Å². The van der Waals surface area contributed by atoms with E-state index in [4.69, 9.17) is 4.74 Å². The van der Waals surface area contributed by atoms with Crippen LogP contribution in [0.3, 0.4) is 0 Å². The van der Waals surface area contributed by atoms with Crippen LogP contribution in [-0.2, 0) is 19.1 Å². The second-order valence-corrected chi connectivity index (χ2v) is 12.0. The molecule has 0 spiro atoms. The molecule has 0 aromatic heterocycles. The standard InChI is InChI=1S/C36H32N4O6S/c1-39(2)27-15-9-23(10-16-27)21-30(38-33(42)24-7-5-4-6-8-24)34(43)37-26-13-19-29(20-14-26)47-31-22-32(41)40(35(31)44)28-17-11-25(12-18-28)36(45)46-3/h4-21,31H,22H2,1-3H3,(H,37,43)(H,38,42)/b30-21-. The number of thioether (sulfide) groups is 1. The maximum Gasteiger partial charge on any atom is 0.337 e. The maximum atomic E-state index is 13.4. The van der Waals surface area contributed by atoms with Crippen molar-refractivity contribution in [2.45, 2.75) is 16.6 Å². The van der Waals surface area contributed by atoms with E-state index >= 15 is 0 Å². The molecule has 238 valence electrons. The van der Waals surface area contributed by atoms with Crippen LogP contribution in [0.4, 0.5) is 17.1 Å². The molecule has 5 rings (SSSR count). The zero-order chi connectivity index (χ0) is 33.5. The Labute approximate surface area is 276 Å². The largest absolute Gasteiger partial charge is 0.465 e. The number of benzene rings is 4. The molecule has 0 aliphatic carbocycles. The van der Waals surface area contributed by atoms with Crippen LogP contribution in [0.5, 0.6) is 0 Å². The van der Waals surface area contributed by atoms with Gasteiger partial charge in [0.25, 0.3) is 11.8 Å². The first-order valence-electron chi connectivity index (χ1n) is 14.6. The van der Waals surface area contributed by atoms with E-state index in [2.05, 4.69) is 10.6 Å². The van der Waals surface area contributed by atoms with Crippen LogP contribution in [0, 0.1) is 0 Å². The van der Waals surface area contributed by atoms with E-state index in [9.17, 15) is 24.0 Å². The predicted octanol–water partition coefficient (Wildman–Crippen LogP) is 5.37. The third kappa shape index (κ3) is 7.95. The van der Waals surface area contributed by atoms with E-state index in [1.165, 1.54) is 43.1 Å². The van der Waals surface area contributed by atoms with Gasteiger partial charge in [0.2, 0.25) is 11.8 Å². The summed E-state index contributed by atoms with van der Waals surface area (Å²) in [5.41, 5.74) is 3.36. The molecule has 1 heterocycles. The highest BCUT2D eigenvalue weighted by atomic mass is 32.2. The molecule has 1 fully saturated rings. The molecule has 1 unspecified atom stereocenters. The summed E-state index contributed by atoms with van der Waals surface area (Å²) in [4.78, 5) is 67.9. The molecule has 1 saturated heterocycles. The SMILES string of the molecule is COC(=O)c1ccc(N2C(=O)CC(Sc3ccc(NC(=O)/C(=C/c4ccc(N(C)C)cc4)NC(=O)c4ccccc4)cc3)C2=O)cc1. The van der Waals surface area contributed by atoms with Crippen LogP contribution in [-0.4, -0.2) is 56.1 Å². The Hall–Kier alpha value is -5.68. The molecule has 4 amide bonds. The molecular formula is C36H32N4O6S. The molecule has 0 bridgehead atoms. The van der Waals surface area contributed by atoms with E-state index in [0.717, 1.165) is 21.0 Å². The zero-order valence-electron chi connectivity index (χ0n) is 25.9. The summed E-state index contributed by atoms with van der Waals surface area (Å²) in [5, 5.41) is 4.93. The molecule has 10 nitrogen and oxygen atoms in total. The van der Waals surface area contributed by atoms with E-state index in [1.54, 1.807) is 60.7 Å². The summed E-state index contributed by atoms with van der Waals surface area (Å²) >= 11 is 1.25. The number of hydrogen-bond acceptors (Lipinski definition) is 8. The van der Waals surface area contributed by atoms with Gasteiger partial charge < -0.3 is 20.3 Å².